The quantitative estimate of drug-likeness (QED) is 0.707. The van der Waals surface area contributed by atoms with E-state index in [4.69, 9.17) is 0 Å². The van der Waals surface area contributed by atoms with E-state index in [0.29, 0.717) is 0 Å². The molecule has 20 heavy (non-hydrogen) atoms. The second-order valence-electron chi connectivity index (χ2n) is 5.17. The van der Waals surface area contributed by atoms with E-state index in [-0.39, 0.29) is 0 Å². The summed E-state index contributed by atoms with van der Waals surface area (Å²) >= 11 is 0. The van der Waals surface area contributed by atoms with Gasteiger partial charge >= 0.3 is 0 Å². The summed E-state index contributed by atoms with van der Waals surface area (Å²) in [7, 11) is 0. The van der Waals surface area contributed by atoms with Gasteiger partial charge < -0.3 is 5.32 Å². The fraction of sp³-hybridized carbons (Fsp3) is 0.368. The van der Waals surface area contributed by atoms with E-state index in [2.05, 4.69) is 67.7 Å². The molecule has 0 atom stereocenters. The molecule has 0 unspecified atom stereocenters. The average molecular weight is 267 g/mol. The molecule has 1 heteroatoms. The molecule has 0 aliphatic rings. The lowest BCUT2D eigenvalue weighted by molar-refractivity contribution is 0.858. The van der Waals surface area contributed by atoms with Gasteiger partial charge in [-0.05, 0) is 42.4 Å². The van der Waals surface area contributed by atoms with Crippen LogP contribution in [0.5, 0.6) is 0 Å². The van der Waals surface area contributed by atoms with Crippen LogP contribution in [0.25, 0.3) is 0 Å². The first-order valence-corrected chi connectivity index (χ1v) is 7.73. The third kappa shape index (κ3) is 3.86. The molecule has 106 valence electrons. The van der Waals surface area contributed by atoms with E-state index in [1.165, 1.54) is 28.8 Å². The van der Waals surface area contributed by atoms with Crippen LogP contribution in [-0.2, 0) is 19.3 Å². The molecule has 0 aliphatic carbocycles. The summed E-state index contributed by atoms with van der Waals surface area (Å²) in [6.45, 7) is 5.49. The molecule has 0 bridgehead atoms. The number of hydrogen-bond acceptors (Lipinski definition) is 1. The van der Waals surface area contributed by atoms with E-state index in [0.717, 1.165) is 25.8 Å². The normalized spacial score (nSPS) is 10.5. The number of hydrogen-bond donors (Lipinski definition) is 1. The summed E-state index contributed by atoms with van der Waals surface area (Å²) in [6.07, 6.45) is 4.50. The Kier molecular flexibility index (Phi) is 5.67. The Hall–Kier alpha value is -1.76. The molecule has 0 aromatic heterocycles. The fourth-order valence-electron chi connectivity index (χ4n) is 2.62. The SMILES string of the molecule is CCc1cccc(CC)c1NCCCc1ccccc1. The molecule has 1 nitrogen and oxygen atoms in total. The highest BCUT2D eigenvalue weighted by Crippen LogP contribution is 2.22. The average Bonchev–Trinajstić information content (AvgIpc) is 2.52. The van der Waals surface area contributed by atoms with E-state index in [1.807, 2.05) is 0 Å². The van der Waals surface area contributed by atoms with Gasteiger partial charge in [0.2, 0.25) is 0 Å². The van der Waals surface area contributed by atoms with Gasteiger partial charge in [0, 0.05) is 12.2 Å². The van der Waals surface area contributed by atoms with Gasteiger partial charge in [0.15, 0.2) is 0 Å². The van der Waals surface area contributed by atoms with Gasteiger partial charge in [0.25, 0.3) is 0 Å². The monoisotopic (exact) mass is 267 g/mol. The van der Waals surface area contributed by atoms with Gasteiger partial charge in [-0.3, -0.25) is 0 Å². The molecule has 1 N–H and O–H groups in total. The zero-order valence-corrected chi connectivity index (χ0v) is 12.7. The van der Waals surface area contributed by atoms with Crippen molar-refractivity contribution in [2.75, 3.05) is 11.9 Å². The minimum atomic E-state index is 1.04. The van der Waals surface area contributed by atoms with Crippen LogP contribution in [0.3, 0.4) is 0 Å². The predicted molar refractivity (Wildman–Crippen MR) is 88.5 cm³/mol. The van der Waals surface area contributed by atoms with Crippen molar-refractivity contribution in [2.24, 2.45) is 0 Å². The van der Waals surface area contributed by atoms with Crippen LogP contribution in [0.1, 0.15) is 37.0 Å². The van der Waals surface area contributed by atoms with Crippen molar-refractivity contribution >= 4 is 5.69 Å². The second-order valence-corrected chi connectivity index (χ2v) is 5.17. The highest BCUT2D eigenvalue weighted by molar-refractivity contribution is 5.57. The van der Waals surface area contributed by atoms with E-state index >= 15 is 0 Å². The molecule has 0 saturated heterocycles. The molecule has 0 heterocycles. The zero-order valence-electron chi connectivity index (χ0n) is 12.7. The Labute approximate surface area is 123 Å². The Morgan fingerprint density at radius 1 is 0.800 bits per heavy atom. The molecule has 0 saturated carbocycles. The maximum Gasteiger partial charge on any atom is 0.0405 e. The summed E-state index contributed by atoms with van der Waals surface area (Å²) in [5.41, 5.74) is 5.66. The van der Waals surface area contributed by atoms with Crippen LogP contribution in [0.2, 0.25) is 0 Å². The van der Waals surface area contributed by atoms with Gasteiger partial charge in [0.1, 0.15) is 0 Å². The Balaban J connectivity index is 1.90. The smallest absolute Gasteiger partial charge is 0.0405 e. The fourth-order valence-corrected chi connectivity index (χ4v) is 2.62. The Bertz CT molecular complexity index is 494. The molecule has 2 aromatic rings. The molecular weight excluding hydrogens is 242 g/mol. The molecular formula is C19H25N. The minimum absolute atomic E-state index is 1.04. The predicted octanol–water partition coefficient (Wildman–Crippen LogP) is 4.86. The largest absolute Gasteiger partial charge is 0.385 e. The number of benzene rings is 2. The van der Waals surface area contributed by atoms with Crippen molar-refractivity contribution in [3.63, 3.8) is 0 Å². The summed E-state index contributed by atoms with van der Waals surface area (Å²) in [4.78, 5) is 0. The number of aryl methyl sites for hydroxylation is 3. The summed E-state index contributed by atoms with van der Waals surface area (Å²) in [5.74, 6) is 0. The van der Waals surface area contributed by atoms with Gasteiger partial charge in [-0.2, -0.15) is 0 Å². The van der Waals surface area contributed by atoms with Gasteiger partial charge in [0.05, 0.1) is 0 Å². The van der Waals surface area contributed by atoms with Crippen LogP contribution in [0.4, 0.5) is 5.69 Å². The Morgan fingerprint density at radius 3 is 2.05 bits per heavy atom. The van der Waals surface area contributed by atoms with Crippen molar-refractivity contribution in [3.05, 3.63) is 65.2 Å². The third-order valence-electron chi connectivity index (χ3n) is 3.79. The first-order valence-electron chi connectivity index (χ1n) is 7.73. The number of anilines is 1. The first-order chi connectivity index (χ1) is 9.85. The molecule has 0 radical (unpaired) electrons. The van der Waals surface area contributed by atoms with Crippen LogP contribution in [-0.4, -0.2) is 6.54 Å². The van der Waals surface area contributed by atoms with E-state index in [9.17, 15) is 0 Å². The number of para-hydroxylation sites is 1. The van der Waals surface area contributed by atoms with Crippen LogP contribution >= 0.6 is 0 Å². The highest BCUT2D eigenvalue weighted by atomic mass is 14.9. The maximum absolute atomic E-state index is 3.65. The molecule has 2 aromatic carbocycles. The van der Waals surface area contributed by atoms with Crippen LogP contribution in [0.15, 0.2) is 48.5 Å². The van der Waals surface area contributed by atoms with Gasteiger partial charge in [-0.1, -0.05) is 62.4 Å². The van der Waals surface area contributed by atoms with E-state index in [1.54, 1.807) is 0 Å². The van der Waals surface area contributed by atoms with Crippen LogP contribution < -0.4 is 5.32 Å². The summed E-state index contributed by atoms with van der Waals surface area (Å²) < 4.78 is 0. The lowest BCUT2D eigenvalue weighted by Gasteiger charge is -2.15. The standard InChI is InChI=1S/C19H25N/c1-3-17-13-8-14-18(4-2)19(17)20-15-9-12-16-10-6-5-7-11-16/h5-8,10-11,13-14,20H,3-4,9,12,15H2,1-2H3. The molecule has 0 spiro atoms. The van der Waals surface area contributed by atoms with Crippen molar-refractivity contribution in [2.45, 2.75) is 39.5 Å². The molecule has 0 aliphatic heterocycles. The van der Waals surface area contributed by atoms with Gasteiger partial charge in [-0.25, -0.2) is 0 Å². The molecule has 0 fully saturated rings. The zero-order chi connectivity index (χ0) is 14.2. The third-order valence-corrected chi connectivity index (χ3v) is 3.79. The topological polar surface area (TPSA) is 12.0 Å². The van der Waals surface area contributed by atoms with Crippen LogP contribution in [0, 0.1) is 0 Å². The molecule has 2 rings (SSSR count). The van der Waals surface area contributed by atoms with Crippen molar-refractivity contribution in [3.8, 4) is 0 Å². The van der Waals surface area contributed by atoms with Crippen molar-refractivity contribution in [1.82, 2.24) is 0 Å². The number of rotatable bonds is 7. The Morgan fingerprint density at radius 2 is 1.45 bits per heavy atom. The summed E-state index contributed by atoms with van der Waals surface area (Å²) in [6, 6.07) is 17.4. The second kappa shape index (κ2) is 7.74. The van der Waals surface area contributed by atoms with E-state index < -0.39 is 0 Å². The lowest BCUT2D eigenvalue weighted by Crippen LogP contribution is -2.07. The molecule has 0 amide bonds. The van der Waals surface area contributed by atoms with Crippen molar-refractivity contribution in [1.29, 1.82) is 0 Å². The minimum Gasteiger partial charge on any atom is -0.385 e. The number of nitrogens with one attached hydrogen (secondary N) is 1. The lowest BCUT2D eigenvalue weighted by atomic mass is 10.0. The first kappa shape index (κ1) is 14.6. The van der Waals surface area contributed by atoms with Gasteiger partial charge in [-0.15, -0.1) is 0 Å². The summed E-state index contributed by atoms with van der Waals surface area (Å²) in [5, 5.41) is 3.65. The maximum atomic E-state index is 3.65. The highest BCUT2D eigenvalue weighted by Gasteiger charge is 2.05. The van der Waals surface area contributed by atoms with Crippen molar-refractivity contribution < 1.29 is 0 Å².